The fourth-order valence-corrected chi connectivity index (χ4v) is 3.54. The van der Waals surface area contributed by atoms with Crippen LogP contribution in [0.15, 0.2) is 65.6 Å². The molecule has 4 rings (SSSR count). The van der Waals surface area contributed by atoms with Gasteiger partial charge in [0.2, 0.25) is 0 Å². The zero-order valence-corrected chi connectivity index (χ0v) is 20.9. The summed E-state index contributed by atoms with van der Waals surface area (Å²) in [5.74, 6) is -1.04. The first kappa shape index (κ1) is 26.4. The fraction of sp³-hybridized carbons (Fsp3) is 0.120. The molecule has 0 saturated heterocycles. The lowest BCUT2D eigenvalue weighted by Gasteiger charge is -2.14. The van der Waals surface area contributed by atoms with Crippen LogP contribution in [0.25, 0.3) is 5.69 Å². The van der Waals surface area contributed by atoms with Gasteiger partial charge in [-0.3, -0.25) is 20.0 Å². The molecule has 2 aromatic carbocycles. The van der Waals surface area contributed by atoms with E-state index in [1.807, 2.05) is 19.1 Å². The fourth-order valence-electron chi connectivity index (χ4n) is 3.34. The van der Waals surface area contributed by atoms with Crippen LogP contribution in [-0.4, -0.2) is 40.4 Å². The van der Waals surface area contributed by atoms with Crippen LogP contribution in [0.3, 0.4) is 0 Å². The minimum Gasteiger partial charge on any atom is -0.454 e. The zero-order valence-electron chi connectivity index (χ0n) is 20.2. The number of ether oxygens (including phenoxy) is 2. The molecule has 3 amide bonds. The minimum absolute atomic E-state index is 0.0315. The van der Waals surface area contributed by atoms with Crippen LogP contribution in [-0.2, 0) is 9.53 Å². The van der Waals surface area contributed by atoms with E-state index in [-0.39, 0.29) is 35.4 Å². The first-order chi connectivity index (χ1) is 18.2. The molecule has 4 N–H and O–H groups in total. The highest BCUT2D eigenvalue weighted by atomic mass is 35.5. The quantitative estimate of drug-likeness (QED) is 0.256. The number of benzene rings is 2. The van der Waals surface area contributed by atoms with Gasteiger partial charge in [-0.15, -0.1) is 0 Å². The number of halogens is 2. The van der Waals surface area contributed by atoms with Gasteiger partial charge in [0.05, 0.1) is 11.4 Å². The third-order valence-corrected chi connectivity index (χ3v) is 5.43. The van der Waals surface area contributed by atoms with E-state index < -0.39 is 28.3 Å². The number of nitrogens with zero attached hydrogens (tertiary/aromatic N) is 2. The third-order valence-electron chi connectivity index (χ3n) is 5.06. The normalized spacial score (nSPS) is 10.6. The molecule has 2 aromatic heterocycles. The Kier molecular flexibility index (Phi) is 8.04. The van der Waals surface area contributed by atoms with Crippen molar-refractivity contribution in [3.63, 3.8) is 0 Å². The third kappa shape index (κ3) is 6.35. The molecule has 0 atom stereocenters. The largest absolute Gasteiger partial charge is 0.454 e. The Morgan fingerprint density at radius 3 is 2.58 bits per heavy atom. The van der Waals surface area contributed by atoms with Crippen LogP contribution in [0.2, 0.25) is 5.02 Å². The van der Waals surface area contributed by atoms with Gasteiger partial charge in [0, 0.05) is 25.4 Å². The second kappa shape index (κ2) is 11.6. The van der Waals surface area contributed by atoms with Gasteiger partial charge in [-0.1, -0.05) is 29.3 Å². The number of rotatable bonds is 8. The summed E-state index contributed by atoms with van der Waals surface area (Å²) in [5.41, 5.74) is 1.19. The number of nitrogens with one attached hydrogen (secondary N) is 4. The summed E-state index contributed by atoms with van der Waals surface area (Å²) < 4.78 is 26.7. The van der Waals surface area contributed by atoms with Gasteiger partial charge in [-0.2, -0.15) is 0 Å². The first-order valence-corrected chi connectivity index (χ1v) is 11.5. The Bertz CT molecular complexity index is 1540. The SMILES string of the molecule is COCC(=O)Nc1cc(Oc2ccc(NC(=O)Nc3cc(=O)[nH]n3-c3ccc(C)cc3)c(Cl)c2F)ccn1. The molecular weight excluding hydrogens is 519 g/mol. The highest BCUT2D eigenvalue weighted by molar-refractivity contribution is 6.34. The molecule has 0 bridgehead atoms. The summed E-state index contributed by atoms with van der Waals surface area (Å²) >= 11 is 6.15. The summed E-state index contributed by atoms with van der Waals surface area (Å²) in [6.45, 7) is 1.76. The highest BCUT2D eigenvalue weighted by Gasteiger charge is 2.17. The molecule has 38 heavy (non-hydrogen) atoms. The number of pyridine rings is 1. The lowest BCUT2D eigenvalue weighted by Crippen LogP contribution is -2.21. The summed E-state index contributed by atoms with van der Waals surface area (Å²) in [7, 11) is 1.38. The number of hydrogen-bond acceptors (Lipinski definition) is 6. The molecule has 0 unspecified atom stereocenters. The number of methoxy groups -OCH3 is 1. The van der Waals surface area contributed by atoms with Crippen molar-refractivity contribution in [2.75, 3.05) is 29.7 Å². The molecule has 0 saturated carbocycles. The Morgan fingerprint density at radius 2 is 1.84 bits per heavy atom. The van der Waals surface area contributed by atoms with Gasteiger partial charge < -0.3 is 20.1 Å². The van der Waals surface area contributed by atoms with Crippen molar-refractivity contribution in [1.29, 1.82) is 0 Å². The monoisotopic (exact) mass is 540 g/mol. The molecule has 0 spiro atoms. The second-order valence-electron chi connectivity index (χ2n) is 7.95. The van der Waals surface area contributed by atoms with E-state index in [1.54, 1.807) is 12.1 Å². The summed E-state index contributed by atoms with van der Waals surface area (Å²) in [4.78, 5) is 40.2. The van der Waals surface area contributed by atoms with Crippen molar-refractivity contribution in [2.45, 2.75) is 6.92 Å². The summed E-state index contributed by atoms with van der Waals surface area (Å²) in [6, 6.07) is 13.2. The van der Waals surface area contributed by atoms with Gasteiger partial charge in [-0.05, 0) is 37.3 Å². The molecule has 0 aliphatic carbocycles. The van der Waals surface area contributed by atoms with Gasteiger partial charge >= 0.3 is 6.03 Å². The van der Waals surface area contributed by atoms with E-state index in [1.165, 1.54) is 48.3 Å². The van der Waals surface area contributed by atoms with Crippen molar-refractivity contribution in [3.05, 3.63) is 87.6 Å². The maximum Gasteiger partial charge on any atom is 0.324 e. The predicted octanol–water partition coefficient (Wildman–Crippen LogP) is 4.68. The Balaban J connectivity index is 1.46. The van der Waals surface area contributed by atoms with Gasteiger partial charge in [-0.25, -0.2) is 18.9 Å². The van der Waals surface area contributed by atoms with Crippen molar-refractivity contribution in [2.24, 2.45) is 0 Å². The lowest BCUT2D eigenvalue weighted by atomic mass is 10.2. The Hall–Kier alpha value is -4.68. The van der Waals surface area contributed by atoms with Crippen LogP contribution >= 0.6 is 11.6 Å². The van der Waals surface area contributed by atoms with Crippen LogP contribution in [0.1, 0.15) is 5.56 Å². The maximum absolute atomic E-state index is 15.0. The number of urea groups is 1. The summed E-state index contributed by atoms with van der Waals surface area (Å²) in [5, 5.41) is 9.71. The zero-order chi connectivity index (χ0) is 27.2. The van der Waals surface area contributed by atoms with Crippen LogP contribution < -0.4 is 26.2 Å². The first-order valence-electron chi connectivity index (χ1n) is 11.1. The van der Waals surface area contributed by atoms with Gasteiger partial charge in [0.15, 0.2) is 11.6 Å². The number of aromatic nitrogens is 3. The Labute approximate surface area is 220 Å². The van der Waals surface area contributed by atoms with Crippen LogP contribution in [0.4, 0.5) is 26.5 Å². The number of aromatic amines is 1. The standard InChI is InChI=1S/C25H22ClFN6O5/c1-14-3-5-15(6-4-14)33-20(12-21(34)32-33)31-25(36)29-17-7-8-18(24(27)23(17)26)38-16-9-10-28-19(11-16)30-22(35)13-37-2/h3-12H,13H2,1-2H3,(H,32,34)(H,28,30,35)(H2,29,31,36). The molecule has 13 heteroatoms. The van der Waals surface area contributed by atoms with E-state index in [4.69, 9.17) is 21.1 Å². The molecule has 196 valence electrons. The highest BCUT2D eigenvalue weighted by Crippen LogP contribution is 2.34. The number of carbonyl (C=O) groups is 2. The molecule has 0 aliphatic rings. The smallest absolute Gasteiger partial charge is 0.324 e. The number of carbonyl (C=O) groups excluding carboxylic acids is 2. The number of anilines is 3. The second-order valence-corrected chi connectivity index (χ2v) is 8.33. The van der Waals surface area contributed by atoms with E-state index in [0.717, 1.165) is 5.56 Å². The van der Waals surface area contributed by atoms with E-state index in [9.17, 15) is 18.8 Å². The summed E-state index contributed by atoms with van der Waals surface area (Å²) in [6.07, 6.45) is 1.37. The molecule has 2 heterocycles. The lowest BCUT2D eigenvalue weighted by molar-refractivity contribution is -0.119. The number of aryl methyl sites for hydroxylation is 1. The van der Waals surface area contributed by atoms with E-state index >= 15 is 0 Å². The minimum atomic E-state index is -0.926. The average Bonchev–Trinajstić information content (AvgIpc) is 3.24. The van der Waals surface area contributed by atoms with Crippen LogP contribution in [0.5, 0.6) is 11.5 Å². The van der Waals surface area contributed by atoms with Crippen molar-refractivity contribution in [3.8, 4) is 17.2 Å². The molecule has 11 nitrogen and oxygen atoms in total. The maximum atomic E-state index is 15.0. The van der Waals surface area contributed by atoms with Crippen molar-refractivity contribution >= 4 is 40.9 Å². The van der Waals surface area contributed by atoms with Gasteiger partial charge in [0.25, 0.3) is 11.5 Å². The Morgan fingerprint density at radius 1 is 1.08 bits per heavy atom. The van der Waals surface area contributed by atoms with E-state index in [0.29, 0.717) is 5.69 Å². The molecule has 0 radical (unpaired) electrons. The van der Waals surface area contributed by atoms with E-state index in [2.05, 4.69) is 26.0 Å². The number of hydrogen-bond donors (Lipinski definition) is 4. The van der Waals surface area contributed by atoms with Crippen LogP contribution in [0, 0.1) is 12.7 Å². The molecule has 0 aliphatic heterocycles. The van der Waals surface area contributed by atoms with Gasteiger partial charge in [0.1, 0.15) is 29.0 Å². The topological polar surface area (TPSA) is 139 Å². The number of amides is 3. The predicted molar refractivity (Wildman–Crippen MR) is 140 cm³/mol. The average molecular weight is 541 g/mol. The van der Waals surface area contributed by atoms with Crippen molar-refractivity contribution < 1.29 is 23.5 Å². The number of H-pyrrole nitrogens is 1. The molecule has 4 aromatic rings. The van der Waals surface area contributed by atoms with Crippen molar-refractivity contribution in [1.82, 2.24) is 14.8 Å². The molecule has 0 fully saturated rings. The molecular formula is C25H22ClFN6O5.